The Morgan fingerprint density at radius 1 is 0.812 bits per heavy atom. The monoisotopic (exact) mass is 468 g/mol. The van der Waals surface area contributed by atoms with Gasteiger partial charge in [0.05, 0.1) is 12.7 Å². The van der Waals surface area contributed by atoms with Crippen LogP contribution in [0.5, 0.6) is 0 Å². The molecule has 5 saturated carbocycles. The smallest absolute Gasteiger partial charge is 0.378 e. The van der Waals surface area contributed by atoms with Crippen LogP contribution < -0.4 is 0 Å². The summed E-state index contributed by atoms with van der Waals surface area (Å²) in [5.41, 5.74) is -2.25. The molecule has 0 amide bonds. The number of hydrogen-bond donors (Lipinski definition) is 0. The van der Waals surface area contributed by atoms with Crippen LogP contribution >= 0.6 is 0 Å². The average Bonchev–Trinajstić information content (AvgIpc) is 2.76. The van der Waals surface area contributed by atoms with Gasteiger partial charge in [0.25, 0.3) is 5.92 Å². The van der Waals surface area contributed by atoms with Gasteiger partial charge in [0, 0.05) is 17.3 Å². The molecule has 2 bridgehead atoms. The van der Waals surface area contributed by atoms with E-state index in [1.807, 2.05) is 0 Å². The molecule has 0 radical (unpaired) electrons. The molecule has 0 N–H and O–H groups in total. The van der Waals surface area contributed by atoms with Gasteiger partial charge >= 0.3 is 6.18 Å². The van der Waals surface area contributed by atoms with Gasteiger partial charge < -0.3 is 4.74 Å². The van der Waals surface area contributed by atoms with Crippen molar-refractivity contribution in [1.29, 1.82) is 0 Å². The number of ether oxygens (including phenoxy) is 1. The van der Waals surface area contributed by atoms with Crippen LogP contribution in [0.4, 0.5) is 26.3 Å². The van der Waals surface area contributed by atoms with E-state index >= 15 is 0 Å². The molecule has 0 saturated heterocycles. The zero-order valence-corrected chi connectivity index (χ0v) is 19.2. The van der Waals surface area contributed by atoms with Crippen molar-refractivity contribution in [2.75, 3.05) is 6.61 Å². The first-order valence-corrected chi connectivity index (χ1v) is 12.6. The first-order chi connectivity index (χ1) is 14.9. The second-order valence-corrected chi connectivity index (χ2v) is 11.7. The van der Waals surface area contributed by atoms with Crippen LogP contribution in [0.2, 0.25) is 0 Å². The molecule has 7 heteroatoms. The maximum atomic E-state index is 14.9. The zero-order chi connectivity index (χ0) is 23.2. The van der Waals surface area contributed by atoms with Crippen LogP contribution in [0.3, 0.4) is 0 Å². The second-order valence-electron chi connectivity index (χ2n) is 11.7. The summed E-state index contributed by atoms with van der Waals surface area (Å²) < 4.78 is 87.5. The van der Waals surface area contributed by atoms with E-state index in [9.17, 15) is 26.3 Å². The minimum atomic E-state index is -4.05. The first kappa shape index (κ1) is 24.7. The van der Waals surface area contributed by atoms with Crippen LogP contribution in [0.25, 0.3) is 0 Å². The standard InChI is InChI=1S/C25H38F6O/c1-22-12-14-23(15-13-22,21(26)25(22,30)31)16-32-20-8-6-19(7-9-20)18-4-2-17(3-5-18)10-11-24(27,28)29/h17-21H,2-16H2,1H3. The Kier molecular flexibility index (Phi) is 6.90. The molecule has 5 rings (SSSR count). The van der Waals surface area contributed by atoms with Crippen LogP contribution in [-0.4, -0.2) is 31.0 Å². The molecule has 32 heavy (non-hydrogen) atoms. The fourth-order valence-corrected chi connectivity index (χ4v) is 7.12. The highest BCUT2D eigenvalue weighted by Crippen LogP contribution is 2.64. The van der Waals surface area contributed by atoms with Crippen LogP contribution in [0.1, 0.15) is 96.8 Å². The van der Waals surface area contributed by atoms with E-state index in [0.717, 1.165) is 51.4 Å². The van der Waals surface area contributed by atoms with E-state index in [1.165, 1.54) is 6.92 Å². The molecular weight excluding hydrogens is 430 g/mol. The molecule has 5 aliphatic carbocycles. The lowest BCUT2D eigenvalue weighted by molar-refractivity contribution is -0.274. The van der Waals surface area contributed by atoms with Crippen LogP contribution in [-0.2, 0) is 4.74 Å². The van der Waals surface area contributed by atoms with Crippen molar-refractivity contribution in [2.24, 2.45) is 28.6 Å². The summed E-state index contributed by atoms with van der Waals surface area (Å²) in [6.07, 6.45) is 2.71. The summed E-state index contributed by atoms with van der Waals surface area (Å²) in [4.78, 5) is 0. The Balaban J connectivity index is 1.19. The lowest BCUT2D eigenvalue weighted by Crippen LogP contribution is -2.64. The van der Waals surface area contributed by atoms with Crippen molar-refractivity contribution >= 4 is 0 Å². The highest BCUT2D eigenvalue weighted by atomic mass is 19.4. The van der Waals surface area contributed by atoms with Gasteiger partial charge in [-0.3, -0.25) is 0 Å². The van der Waals surface area contributed by atoms with E-state index in [0.29, 0.717) is 37.5 Å². The SMILES string of the molecule is CC12CCC(COC3CCC(C4CCC(CCC(F)(F)F)CC4)CC3)(CC1)C(F)C2(F)F. The van der Waals surface area contributed by atoms with Crippen molar-refractivity contribution in [2.45, 2.75) is 121 Å². The van der Waals surface area contributed by atoms with Crippen LogP contribution in [0, 0.1) is 28.6 Å². The van der Waals surface area contributed by atoms with Crippen LogP contribution in [0.15, 0.2) is 0 Å². The molecule has 0 aromatic rings. The molecule has 1 atom stereocenters. The number of hydrogen-bond acceptors (Lipinski definition) is 1. The summed E-state index contributed by atoms with van der Waals surface area (Å²) in [5.74, 6) is -1.91. The quantitative estimate of drug-likeness (QED) is 0.357. The van der Waals surface area contributed by atoms with Crippen molar-refractivity contribution in [3.63, 3.8) is 0 Å². The maximum Gasteiger partial charge on any atom is 0.389 e. The minimum Gasteiger partial charge on any atom is -0.378 e. The van der Waals surface area contributed by atoms with Crippen molar-refractivity contribution in [3.8, 4) is 0 Å². The number of alkyl halides is 6. The van der Waals surface area contributed by atoms with Gasteiger partial charge in [0.1, 0.15) is 0 Å². The Morgan fingerprint density at radius 3 is 1.88 bits per heavy atom. The number of rotatable bonds is 6. The zero-order valence-electron chi connectivity index (χ0n) is 19.2. The van der Waals surface area contributed by atoms with E-state index in [-0.39, 0.29) is 25.0 Å². The molecule has 5 aliphatic rings. The Bertz CT molecular complexity index is 623. The minimum absolute atomic E-state index is 0.0137. The maximum absolute atomic E-state index is 14.9. The van der Waals surface area contributed by atoms with Gasteiger partial charge in [-0.25, -0.2) is 13.2 Å². The topological polar surface area (TPSA) is 9.23 Å². The number of fused-ring (bicyclic) bond motifs is 3. The van der Waals surface area contributed by atoms with E-state index < -0.39 is 35.5 Å². The summed E-state index contributed by atoms with van der Waals surface area (Å²) in [5, 5.41) is 0. The Morgan fingerprint density at radius 2 is 1.34 bits per heavy atom. The fraction of sp³-hybridized carbons (Fsp3) is 1.00. The van der Waals surface area contributed by atoms with Gasteiger partial charge in [-0.2, -0.15) is 13.2 Å². The molecule has 0 spiro atoms. The average molecular weight is 469 g/mol. The van der Waals surface area contributed by atoms with Gasteiger partial charge in [0.15, 0.2) is 6.17 Å². The lowest BCUT2D eigenvalue weighted by Gasteiger charge is -2.58. The normalized spacial score (nSPS) is 44.5. The second kappa shape index (κ2) is 8.96. The van der Waals surface area contributed by atoms with E-state index in [1.54, 1.807) is 0 Å². The molecule has 0 aromatic heterocycles. The molecule has 186 valence electrons. The summed E-state index contributed by atoms with van der Waals surface area (Å²) in [6.45, 7) is 1.62. The van der Waals surface area contributed by atoms with Crippen molar-refractivity contribution in [3.05, 3.63) is 0 Å². The highest BCUT2D eigenvalue weighted by molar-refractivity contribution is 5.12. The molecule has 1 unspecified atom stereocenters. The highest BCUT2D eigenvalue weighted by Gasteiger charge is 2.69. The molecule has 0 aliphatic heterocycles. The third kappa shape index (κ3) is 4.84. The summed E-state index contributed by atoms with van der Waals surface area (Å²) in [6, 6.07) is 0. The predicted molar refractivity (Wildman–Crippen MR) is 111 cm³/mol. The van der Waals surface area contributed by atoms with Gasteiger partial charge in [-0.15, -0.1) is 0 Å². The molecular formula is C25H38F6O. The van der Waals surface area contributed by atoms with Crippen molar-refractivity contribution < 1.29 is 31.1 Å². The first-order valence-electron chi connectivity index (χ1n) is 12.6. The third-order valence-electron chi connectivity index (χ3n) is 9.73. The fourth-order valence-electron chi connectivity index (χ4n) is 7.12. The van der Waals surface area contributed by atoms with Gasteiger partial charge in [-0.05, 0) is 88.4 Å². The van der Waals surface area contributed by atoms with E-state index in [2.05, 4.69) is 0 Å². The van der Waals surface area contributed by atoms with Gasteiger partial charge in [0.2, 0.25) is 0 Å². The molecule has 1 nitrogen and oxygen atoms in total. The molecule has 5 fully saturated rings. The predicted octanol–water partition coefficient (Wildman–Crippen LogP) is 8.26. The molecule has 0 aromatic carbocycles. The Hall–Kier alpha value is -0.460. The van der Waals surface area contributed by atoms with Crippen molar-refractivity contribution in [1.82, 2.24) is 0 Å². The number of halogens is 6. The molecule has 0 heterocycles. The largest absolute Gasteiger partial charge is 0.389 e. The Labute approximate surface area is 188 Å². The van der Waals surface area contributed by atoms with E-state index in [4.69, 9.17) is 4.74 Å². The van der Waals surface area contributed by atoms with Gasteiger partial charge in [-0.1, -0.05) is 19.8 Å². The summed E-state index contributed by atoms with van der Waals surface area (Å²) in [7, 11) is 0. The lowest BCUT2D eigenvalue weighted by atomic mass is 9.51. The summed E-state index contributed by atoms with van der Waals surface area (Å²) >= 11 is 0. The third-order valence-corrected chi connectivity index (χ3v) is 9.73.